The van der Waals surface area contributed by atoms with E-state index in [2.05, 4.69) is 46.7 Å². The molecule has 20 heavy (non-hydrogen) atoms. The van der Waals surface area contributed by atoms with Crippen LogP contribution in [0, 0.1) is 12.8 Å². The zero-order valence-corrected chi connectivity index (χ0v) is 13.3. The normalized spacial score (nSPS) is 24.1. The molecule has 114 valence electrons. The van der Waals surface area contributed by atoms with Crippen LogP contribution in [0.15, 0.2) is 12.4 Å². The standard InChI is InChI=1S/C16H30N4/c1-4-7-18-16-6-9-19(13-15(16)5-2)11-12-20-10-8-17-14(20)3/h8,10,15-16,18H,4-7,9,11-13H2,1-3H3. The molecule has 1 aromatic rings. The van der Waals surface area contributed by atoms with Gasteiger partial charge in [0.25, 0.3) is 0 Å². The van der Waals surface area contributed by atoms with Gasteiger partial charge in [0.2, 0.25) is 0 Å². The molecule has 1 N–H and O–H groups in total. The van der Waals surface area contributed by atoms with Gasteiger partial charge in [-0.05, 0) is 38.8 Å². The van der Waals surface area contributed by atoms with E-state index in [0.29, 0.717) is 0 Å². The minimum atomic E-state index is 0.728. The third-order valence-electron chi connectivity index (χ3n) is 4.58. The molecule has 2 unspecified atom stereocenters. The maximum Gasteiger partial charge on any atom is 0.105 e. The van der Waals surface area contributed by atoms with Gasteiger partial charge in [-0.2, -0.15) is 0 Å². The second-order valence-corrected chi connectivity index (χ2v) is 5.99. The molecule has 0 spiro atoms. The monoisotopic (exact) mass is 278 g/mol. The SMILES string of the molecule is CCCNC1CCN(CCn2ccnc2C)CC1CC. The van der Waals surface area contributed by atoms with E-state index in [1.165, 1.54) is 32.4 Å². The van der Waals surface area contributed by atoms with Crippen molar-refractivity contribution in [2.24, 2.45) is 5.92 Å². The highest BCUT2D eigenvalue weighted by atomic mass is 15.2. The van der Waals surface area contributed by atoms with Gasteiger partial charge in [-0.3, -0.25) is 0 Å². The number of imidazole rings is 1. The summed E-state index contributed by atoms with van der Waals surface area (Å²) in [4.78, 5) is 6.91. The number of aryl methyl sites for hydroxylation is 1. The minimum absolute atomic E-state index is 0.728. The topological polar surface area (TPSA) is 33.1 Å². The fourth-order valence-electron chi connectivity index (χ4n) is 3.21. The van der Waals surface area contributed by atoms with Gasteiger partial charge in [0, 0.05) is 38.1 Å². The molecule has 1 fully saturated rings. The number of likely N-dealkylation sites (tertiary alicyclic amines) is 1. The van der Waals surface area contributed by atoms with Gasteiger partial charge >= 0.3 is 0 Å². The molecule has 2 heterocycles. The van der Waals surface area contributed by atoms with E-state index >= 15 is 0 Å². The van der Waals surface area contributed by atoms with E-state index in [9.17, 15) is 0 Å². The van der Waals surface area contributed by atoms with E-state index in [-0.39, 0.29) is 0 Å². The lowest BCUT2D eigenvalue weighted by molar-refractivity contribution is 0.131. The second-order valence-electron chi connectivity index (χ2n) is 5.99. The second kappa shape index (κ2) is 7.79. The molecule has 0 aliphatic carbocycles. The summed E-state index contributed by atoms with van der Waals surface area (Å²) in [6.07, 6.45) is 7.78. The van der Waals surface area contributed by atoms with Gasteiger partial charge in [0.1, 0.15) is 5.82 Å². The molecule has 1 saturated heterocycles. The van der Waals surface area contributed by atoms with E-state index in [4.69, 9.17) is 0 Å². The summed E-state index contributed by atoms with van der Waals surface area (Å²) in [5.74, 6) is 1.93. The molecule has 4 nitrogen and oxygen atoms in total. The van der Waals surface area contributed by atoms with E-state index in [1.54, 1.807) is 0 Å². The molecule has 0 saturated carbocycles. The van der Waals surface area contributed by atoms with Crippen molar-refractivity contribution < 1.29 is 0 Å². The van der Waals surface area contributed by atoms with Crippen molar-refractivity contribution in [3.05, 3.63) is 18.2 Å². The molecule has 2 atom stereocenters. The van der Waals surface area contributed by atoms with Crippen LogP contribution in [-0.4, -0.2) is 46.7 Å². The molecule has 1 aliphatic rings. The summed E-state index contributed by atoms with van der Waals surface area (Å²) in [7, 11) is 0. The van der Waals surface area contributed by atoms with E-state index in [1.807, 2.05) is 6.20 Å². The highest BCUT2D eigenvalue weighted by molar-refractivity contribution is 4.89. The van der Waals surface area contributed by atoms with Gasteiger partial charge in [0.05, 0.1) is 0 Å². The van der Waals surface area contributed by atoms with Crippen molar-refractivity contribution in [2.75, 3.05) is 26.2 Å². The number of aromatic nitrogens is 2. The third-order valence-corrected chi connectivity index (χ3v) is 4.58. The summed E-state index contributed by atoms with van der Waals surface area (Å²) in [5.41, 5.74) is 0. The van der Waals surface area contributed by atoms with Crippen LogP contribution in [0.5, 0.6) is 0 Å². The van der Waals surface area contributed by atoms with E-state index in [0.717, 1.165) is 37.4 Å². The van der Waals surface area contributed by atoms with Crippen molar-refractivity contribution in [1.82, 2.24) is 19.8 Å². The van der Waals surface area contributed by atoms with Crippen molar-refractivity contribution >= 4 is 0 Å². The molecule has 4 heteroatoms. The third kappa shape index (κ3) is 4.06. The summed E-state index contributed by atoms with van der Waals surface area (Å²) in [5, 5.41) is 3.73. The number of nitrogens with zero attached hydrogens (tertiary/aromatic N) is 3. The van der Waals surface area contributed by atoms with Crippen LogP contribution >= 0.6 is 0 Å². The fraction of sp³-hybridized carbons (Fsp3) is 0.812. The van der Waals surface area contributed by atoms with Crippen LogP contribution in [0.1, 0.15) is 38.9 Å². The van der Waals surface area contributed by atoms with Crippen molar-refractivity contribution in [1.29, 1.82) is 0 Å². The van der Waals surface area contributed by atoms with Gasteiger partial charge in [-0.1, -0.05) is 20.3 Å². The molecule has 1 aliphatic heterocycles. The quantitative estimate of drug-likeness (QED) is 0.831. The molecule has 0 bridgehead atoms. The van der Waals surface area contributed by atoms with Crippen molar-refractivity contribution in [2.45, 2.75) is 52.6 Å². The highest BCUT2D eigenvalue weighted by Gasteiger charge is 2.27. The minimum Gasteiger partial charge on any atom is -0.334 e. The Morgan fingerprint density at radius 3 is 2.85 bits per heavy atom. The number of rotatable bonds is 7. The van der Waals surface area contributed by atoms with Crippen LogP contribution in [0.25, 0.3) is 0 Å². The lowest BCUT2D eigenvalue weighted by atomic mass is 9.90. The van der Waals surface area contributed by atoms with Gasteiger partial charge in [-0.25, -0.2) is 4.98 Å². The van der Waals surface area contributed by atoms with Crippen LogP contribution in [-0.2, 0) is 6.54 Å². The summed E-state index contributed by atoms with van der Waals surface area (Å²) >= 11 is 0. The maximum atomic E-state index is 4.29. The van der Waals surface area contributed by atoms with Crippen LogP contribution < -0.4 is 5.32 Å². The van der Waals surface area contributed by atoms with Gasteiger partial charge < -0.3 is 14.8 Å². The van der Waals surface area contributed by atoms with E-state index < -0.39 is 0 Å². The van der Waals surface area contributed by atoms with Crippen molar-refractivity contribution in [3.63, 3.8) is 0 Å². The highest BCUT2D eigenvalue weighted by Crippen LogP contribution is 2.20. The average molecular weight is 278 g/mol. The van der Waals surface area contributed by atoms with Crippen LogP contribution in [0.4, 0.5) is 0 Å². The first-order chi connectivity index (χ1) is 9.74. The molecule has 2 rings (SSSR count). The molecule has 0 amide bonds. The Morgan fingerprint density at radius 1 is 1.35 bits per heavy atom. The lowest BCUT2D eigenvalue weighted by Gasteiger charge is -2.39. The number of piperidine rings is 1. The first-order valence-corrected chi connectivity index (χ1v) is 8.18. The summed E-state index contributed by atoms with van der Waals surface area (Å²) < 4.78 is 2.25. The predicted octanol–water partition coefficient (Wildman–Crippen LogP) is 2.29. The van der Waals surface area contributed by atoms with Crippen LogP contribution in [0.2, 0.25) is 0 Å². The number of hydrogen-bond donors (Lipinski definition) is 1. The van der Waals surface area contributed by atoms with Gasteiger partial charge in [-0.15, -0.1) is 0 Å². The Labute approximate surface area is 123 Å². The molecular weight excluding hydrogens is 248 g/mol. The largest absolute Gasteiger partial charge is 0.334 e. The van der Waals surface area contributed by atoms with Gasteiger partial charge in [0.15, 0.2) is 0 Å². The Hall–Kier alpha value is -0.870. The Morgan fingerprint density at radius 2 is 2.20 bits per heavy atom. The zero-order chi connectivity index (χ0) is 14.4. The smallest absolute Gasteiger partial charge is 0.105 e. The molecule has 1 aromatic heterocycles. The Balaban J connectivity index is 1.79. The summed E-state index contributed by atoms with van der Waals surface area (Å²) in [6.45, 7) is 12.5. The predicted molar refractivity (Wildman–Crippen MR) is 83.9 cm³/mol. The zero-order valence-electron chi connectivity index (χ0n) is 13.3. The first-order valence-electron chi connectivity index (χ1n) is 8.18. The fourth-order valence-corrected chi connectivity index (χ4v) is 3.21. The molecule has 0 aromatic carbocycles. The Kier molecular flexibility index (Phi) is 6.05. The maximum absolute atomic E-state index is 4.29. The summed E-state index contributed by atoms with van der Waals surface area (Å²) in [6, 6.07) is 0.728. The molecule has 0 radical (unpaired) electrons. The lowest BCUT2D eigenvalue weighted by Crippen LogP contribution is -2.49. The first kappa shape index (κ1) is 15.5. The molecular formula is C16H30N4. The number of hydrogen-bond acceptors (Lipinski definition) is 3. The van der Waals surface area contributed by atoms with Crippen LogP contribution in [0.3, 0.4) is 0 Å². The van der Waals surface area contributed by atoms with Crippen molar-refractivity contribution in [3.8, 4) is 0 Å². The average Bonchev–Trinajstić information content (AvgIpc) is 2.88. The Bertz CT molecular complexity index is 388. The number of nitrogens with one attached hydrogen (secondary N) is 1.